The predicted octanol–water partition coefficient (Wildman–Crippen LogP) is 1.96. The van der Waals surface area contributed by atoms with E-state index in [1.54, 1.807) is 13.8 Å². The summed E-state index contributed by atoms with van der Waals surface area (Å²) in [6.45, 7) is 23.8. The Hall–Kier alpha value is -2.33. The van der Waals surface area contributed by atoms with Gasteiger partial charge < -0.3 is 34.3 Å². The van der Waals surface area contributed by atoms with E-state index in [1.165, 1.54) is 0 Å². The first kappa shape index (κ1) is 40.7. The molecule has 0 aromatic rings. The zero-order valence-corrected chi connectivity index (χ0v) is 30.8. The van der Waals surface area contributed by atoms with Gasteiger partial charge in [-0.1, -0.05) is 13.2 Å². The van der Waals surface area contributed by atoms with E-state index in [4.69, 9.17) is 4.12 Å². The Morgan fingerprint density at radius 2 is 0.930 bits per heavy atom. The van der Waals surface area contributed by atoms with Crippen LogP contribution >= 0.6 is 0 Å². The lowest BCUT2D eigenvalue weighted by atomic mass is 10.3. The Morgan fingerprint density at radius 3 is 1.23 bits per heavy atom. The fourth-order valence-electron chi connectivity index (χ4n) is 4.63. The third-order valence-electron chi connectivity index (χ3n) is 7.03. The van der Waals surface area contributed by atoms with Crippen LogP contribution in [0.5, 0.6) is 0 Å². The molecule has 0 unspecified atom stereocenters. The quantitative estimate of drug-likeness (QED) is 0.0622. The van der Waals surface area contributed by atoms with Crippen molar-refractivity contribution in [2.45, 2.75) is 65.0 Å². The monoisotopic (exact) mass is 642 g/mol. The number of carbonyl (C=O) groups is 4. The van der Waals surface area contributed by atoms with Crippen molar-refractivity contribution < 1.29 is 32.3 Å². The number of amides is 4. The van der Waals surface area contributed by atoms with Crippen LogP contribution in [-0.2, 0) is 23.3 Å². The van der Waals surface area contributed by atoms with Gasteiger partial charge in [-0.15, -0.1) is 0 Å². The molecule has 0 aliphatic rings. The molecule has 0 heterocycles. The van der Waals surface area contributed by atoms with Gasteiger partial charge in [-0.2, -0.15) is 0 Å². The summed E-state index contributed by atoms with van der Waals surface area (Å²) < 4.78 is 7.69. The molecular weight excluding hydrogens is 581 g/mol. The first-order valence-electron chi connectivity index (χ1n) is 15.3. The molecule has 43 heavy (non-hydrogen) atoms. The lowest BCUT2D eigenvalue weighted by Crippen LogP contribution is -2.51. The van der Waals surface area contributed by atoms with Crippen LogP contribution in [0, 0.1) is 0 Å². The van der Waals surface area contributed by atoms with Gasteiger partial charge in [-0.25, -0.2) is 0 Å². The van der Waals surface area contributed by atoms with Crippen molar-refractivity contribution in [1.29, 1.82) is 0 Å². The van der Waals surface area contributed by atoms with E-state index >= 15 is 0 Å². The summed E-state index contributed by atoms with van der Waals surface area (Å²) in [6.07, 6.45) is 1.75. The zero-order chi connectivity index (χ0) is 33.5. The van der Waals surface area contributed by atoms with Gasteiger partial charge in [-0.3, -0.25) is 19.2 Å². The Kier molecular flexibility index (Phi) is 17.5. The molecule has 0 aliphatic carbocycles. The number of nitrogens with one attached hydrogen (secondary N) is 4. The molecule has 0 aliphatic heterocycles. The highest BCUT2D eigenvalue weighted by Gasteiger charge is 2.32. The van der Waals surface area contributed by atoms with E-state index in [0.29, 0.717) is 72.5 Å². The molecule has 0 atom stereocenters. The molecule has 0 saturated carbocycles. The fourth-order valence-corrected chi connectivity index (χ4v) is 13.5. The smallest absolute Gasteiger partial charge is 0.275 e. The summed E-state index contributed by atoms with van der Waals surface area (Å²) in [4.78, 5) is 48.3. The maximum absolute atomic E-state index is 12.5. The summed E-state index contributed by atoms with van der Waals surface area (Å²) in [5, 5.41) is 11.7. The third-order valence-corrected chi connectivity index (χ3v) is 14.6. The highest BCUT2D eigenvalue weighted by atomic mass is 28.4. The van der Waals surface area contributed by atoms with Gasteiger partial charge in [0.15, 0.2) is 29.7 Å². The van der Waals surface area contributed by atoms with Crippen molar-refractivity contribution in [2.75, 3.05) is 80.5 Å². The Labute approximate surface area is 263 Å². The summed E-state index contributed by atoms with van der Waals surface area (Å²) in [5.41, 5.74) is 0.951. The molecule has 11 nitrogen and oxygen atoms in total. The van der Waals surface area contributed by atoms with Crippen molar-refractivity contribution in [3.63, 3.8) is 0 Å². The molecule has 13 heteroatoms. The summed E-state index contributed by atoms with van der Waals surface area (Å²) >= 11 is 0. The van der Waals surface area contributed by atoms with Gasteiger partial charge in [0.05, 0.1) is 54.4 Å². The first-order chi connectivity index (χ1) is 19.6. The van der Waals surface area contributed by atoms with E-state index in [9.17, 15) is 19.2 Å². The van der Waals surface area contributed by atoms with Crippen molar-refractivity contribution >= 4 is 40.3 Å². The number of hydrogen-bond acceptors (Lipinski definition) is 5. The molecular formula is C30H62N6O5Si2+2. The second kappa shape index (κ2) is 18.5. The minimum absolute atomic E-state index is 0.00473. The minimum atomic E-state index is -1.90. The van der Waals surface area contributed by atoms with E-state index in [-0.39, 0.29) is 23.6 Å². The number of likely N-dealkylation sites (N-methyl/N-ethyl adjacent to an activating group) is 2. The van der Waals surface area contributed by atoms with Gasteiger partial charge in [0.25, 0.3) is 11.8 Å². The van der Waals surface area contributed by atoms with Gasteiger partial charge in [-0.05, 0) is 65.0 Å². The first-order valence-corrected chi connectivity index (χ1v) is 21.5. The standard InChI is InChI=1S/C30H60N6O5Si2/c1-25(2)29(39)33-17-19-35(5,6)23-27(37)31-15-13-21-42(9,10)41-43(11,12)22-14-16-32-28(38)24-36(7,8)20-18-34-30(40)26(3)4/h1,3,13-24H2,2,4-12H3,(H2-2,31,32,33,34,37,38,39,40)/p+2. The topological polar surface area (TPSA) is 126 Å². The van der Waals surface area contributed by atoms with Crippen molar-refractivity contribution in [3.8, 4) is 0 Å². The Bertz CT molecular complexity index is 906. The molecule has 0 aromatic carbocycles. The molecule has 0 spiro atoms. The number of hydrogen-bond donors (Lipinski definition) is 4. The second-order valence-corrected chi connectivity index (χ2v) is 23.1. The third kappa shape index (κ3) is 21.1. The highest BCUT2D eigenvalue weighted by Crippen LogP contribution is 2.23. The Balaban J connectivity index is 4.32. The molecule has 0 radical (unpaired) electrons. The SMILES string of the molecule is C=C(C)C(=O)NCC[N+](C)(C)CC(=O)NCCC[Si](C)(C)O[Si](C)(C)CCCNC(=O)C[N+](C)(C)CCNC(=O)C(=C)C. The van der Waals surface area contributed by atoms with Gasteiger partial charge in [0.1, 0.15) is 0 Å². The molecule has 0 saturated heterocycles. The molecule has 0 bridgehead atoms. The van der Waals surface area contributed by atoms with Crippen molar-refractivity contribution in [2.24, 2.45) is 0 Å². The summed E-state index contributed by atoms with van der Waals surface area (Å²) in [5.74, 6) is -0.313. The maximum Gasteiger partial charge on any atom is 0.275 e. The van der Waals surface area contributed by atoms with Crippen LogP contribution in [0.25, 0.3) is 0 Å². The van der Waals surface area contributed by atoms with Gasteiger partial charge >= 0.3 is 0 Å². The molecule has 4 amide bonds. The van der Waals surface area contributed by atoms with E-state index in [1.807, 2.05) is 28.2 Å². The van der Waals surface area contributed by atoms with E-state index in [2.05, 4.69) is 60.6 Å². The molecule has 0 aromatic heterocycles. The highest BCUT2D eigenvalue weighted by molar-refractivity contribution is 6.84. The normalized spacial score (nSPS) is 12.3. The minimum Gasteiger partial charge on any atom is -0.455 e. The molecule has 0 rings (SSSR count). The van der Waals surface area contributed by atoms with Crippen LogP contribution in [0.4, 0.5) is 0 Å². The fraction of sp³-hybridized carbons (Fsp3) is 0.733. The van der Waals surface area contributed by atoms with Crippen LogP contribution in [-0.4, -0.2) is 130 Å². The van der Waals surface area contributed by atoms with E-state index in [0.717, 1.165) is 24.9 Å². The summed E-state index contributed by atoms with van der Waals surface area (Å²) in [7, 11) is 4.10. The predicted molar refractivity (Wildman–Crippen MR) is 180 cm³/mol. The number of nitrogens with zero attached hydrogens (tertiary/aromatic N) is 2. The maximum atomic E-state index is 12.5. The largest absolute Gasteiger partial charge is 0.455 e. The molecule has 248 valence electrons. The molecule has 0 fully saturated rings. The average Bonchev–Trinajstić information content (AvgIpc) is 2.82. The average molecular weight is 643 g/mol. The zero-order valence-electron chi connectivity index (χ0n) is 28.8. The lowest BCUT2D eigenvalue weighted by molar-refractivity contribution is -0.881. The number of rotatable bonds is 22. The van der Waals surface area contributed by atoms with Crippen LogP contribution in [0.15, 0.2) is 24.3 Å². The number of carbonyl (C=O) groups excluding carboxylic acids is 4. The van der Waals surface area contributed by atoms with Crippen LogP contribution in [0.2, 0.25) is 38.3 Å². The van der Waals surface area contributed by atoms with Crippen LogP contribution in [0.1, 0.15) is 26.7 Å². The lowest BCUT2D eigenvalue weighted by Gasteiger charge is -2.34. The van der Waals surface area contributed by atoms with Crippen LogP contribution in [0.3, 0.4) is 0 Å². The van der Waals surface area contributed by atoms with Gasteiger partial charge in [0.2, 0.25) is 11.8 Å². The van der Waals surface area contributed by atoms with E-state index < -0.39 is 16.6 Å². The number of quaternary nitrogens is 2. The van der Waals surface area contributed by atoms with Crippen LogP contribution < -0.4 is 21.3 Å². The molecule has 4 N–H and O–H groups in total. The van der Waals surface area contributed by atoms with Gasteiger partial charge in [0, 0.05) is 24.2 Å². The Morgan fingerprint density at radius 1 is 0.605 bits per heavy atom. The second-order valence-electron chi connectivity index (χ2n) is 14.2. The van der Waals surface area contributed by atoms with Crippen molar-refractivity contribution in [3.05, 3.63) is 24.3 Å². The van der Waals surface area contributed by atoms with Crippen molar-refractivity contribution in [1.82, 2.24) is 21.3 Å². The summed E-state index contributed by atoms with van der Waals surface area (Å²) in [6, 6.07) is 1.93.